The van der Waals surface area contributed by atoms with Crippen LogP contribution in [0.5, 0.6) is 0 Å². The van der Waals surface area contributed by atoms with Gasteiger partial charge in [-0.25, -0.2) is 0 Å². The van der Waals surface area contributed by atoms with Gasteiger partial charge in [-0.1, -0.05) is 26.3 Å². The first kappa shape index (κ1) is 8.54. The maximum atomic E-state index is 8.25. The van der Waals surface area contributed by atoms with Crippen molar-refractivity contribution >= 4 is 0 Å². The Morgan fingerprint density at radius 1 is 1.44 bits per heavy atom. The van der Waals surface area contributed by atoms with Crippen molar-refractivity contribution in [2.45, 2.75) is 33.1 Å². The summed E-state index contributed by atoms with van der Waals surface area (Å²) in [5, 5.41) is 8.25. The summed E-state index contributed by atoms with van der Waals surface area (Å²) in [6.45, 7) is 4.42. The van der Waals surface area contributed by atoms with Crippen LogP contribution >= 0.6 is 0 Å². The fraction of sp³-hybridized carbons (Fsp3) is 0.750. The maximum absolute atomic E-state index is 8.25. The van der Waals surface area contributed by atoms with Crippen LogP contribution in [0.2, 0.25) is 0 Å². The normalized spacial score (nSPS) is 11.4. The van der Waals surface area contributed by atoms with E-state index in [1.54, 1.807) is 6.08 Å². The average Bonchev–Trinajstić information content (AvgIpc) is 1.80. The monoisotopic (exact) mass is 128 g/mol. The minimum absolute atomic E-state index is 0.789. The predicted octanol–water partition coefficient (Wildman–Crippen LogP) is 2.88. The first-order valence-electron chi connectivity index (χ1n) is 3.56. The molecule has 0 atom stereocenters. The van der Waals surface area contributed by atoms with Gasteiger partial charge in [0, 0.05) is 0 Å². The molecule has 0 rings (SSSR count). The lowest BCUT2D eigenvalue weighted by molar-refractivity contribution is 0.468. The van der Waals surface area contributed by atoms with E-state index in [1.807, 2.05) is 0 Å². The molecule has 0 aliphatic heterocycles. The molecule has 0 aromatic heterocycles. The van der Waals surface area contributed by atoms with Gasteiger partial charge in [-0.05, 0) is 18.8 Å². The Morgan fingerprint density at radius 3 is 2.56 bits per heavy atom. The summed E-state index contributed by atoms with van der Waals surface area (Å²) >= 11 is 0. The summed E-state index contributed by atoms with van der Waals surface area (Å²) in [7, 11) is 0. The largest absolute Gasteiger partial charge is 0.516 e. The molecule has 0 heterocycles. The van der Waals surface area contributed by atoms with Crippen LogP contribution < -0.4 is 0 Å². The van der Waals surface area contributed by atoms with E-state index in [-0.39, 0.29) is 0 Å². The van der Waals surface area contributed by atoms with Crippen LogP contribution in [0.4, 0.5) is 0 Å². The van der Waals surface area contributed by atoms with Gasteiger partial charge in [-0.3, -0.25) is 0 Å². The van der Waals surface area contributed by atoms with Crippen LogP contribution in [0.15, 0.2) is 12.3 Å². The number of unbranched alkanes of at least 4 members (excludes halogenated alkanes) is 1. The summed E-state index contributed by atoms with van der Waals surface area (Å²) in [6.07, 6.45) is 6.37. The van der Waals surface area contributed by atoms with Gasteiger partial charge in [0.05, 0.1) is 6.26 Å². The Hall–Kier alpha value is -0.460. The third kappa shape index (κ3) is 7.54. The van der Waals surface area contributed by atoms with Crippen molar-refractivity contribution in [3.63, 3.8) is 0 Å². The molecule has 1 N–H and O–H groups in total. The second kappa shape index (κ2) is 5.67. The van der Waals surface area contributed by atoms with Gasteiger partial charge in [-0.15, -0.1) is 0 Å². The molecule has 1 nitrogen and oxygen atoms in total. The van der Waals surface area contributed by atoms with Gasteiger partial charge in [0.2, 0.25) is 0 Å². The van der Waals surface area contributed by atoms with Crippen LogP contribution in [0.3, 0.4) is 0 Å². The molecule has 0 radical (unpaired) electrons. The van der Waals surface area contributed by atoms with E-state index in [9.17, 15) is 0 Å². The highest BCUT2D eigenvalue weighted by Crippen LogP contribution is 2.05. The van der Waals surface area contributed by atoms with Gasteiger partial charge < -0.3 is 5.11 Å². The lowest BCUT2D eigenvalue weighted by atomic mass is 10.1. The number of hydrogen-bond donors (Lipinski definition) is 1. The van der Waals surface area contributed by atoms with Gasteiger partial charge in [-0.2, -0.15) is 0 Å². The molecule has 0 aliphatic carbocycles. The van der Waals surface area contributed by atoms with Crippen LogP contribution in [-0.2, 0) is 0 Å². The van der Waals surface area contributed by atoms with Crippen molar-refractivity contribution < 1.29 is 5.11 Å². The highest BCUT2D eigenvalue weighted by atomic mass is 16.2. The molecule has 0 amide bonds. The van der Waals surface area contributed by atoms with Crippen molar-refractivity contribution in [3.05, 3.63) is 12.3 Å². The van der Waals surface area contributed by atoms with Crippen LogP contribution in [0, 0.1) is 5.92 Å². The Bertz CT molecular complexity index is 74.6. The standard InChI is InChI=1S/C8H16O/c1-8(2)6-4-3-5-7-9/h5,7-9H,3-4,6H2,1-2H3. The topological polar surface area (TPSA) is 20.2 Å². The van der Waals surface area contributed by atoms with Gasteiger partial charge in [0.15, 0.2) is 0 Å². The van der Waals surface area contributed by atoms with Crippen molar-refractivity contribution in [1.29, 1.82) is 0 Å². The minimum Gasteiger partial charge on any atom is -0.516 e. The van der Waals surface area contributed by atoms with Gasteiger partial charge >= 0.3 is 0 Å². The Kier molecular flexibility index (Phi) is 5.38. The molecule has 1 heteroatoms. The van der Waals surface area contributed by atoms with Crippen molar-refractivity contribution in [1.82, 2.24) is 0 Å². The second-order valence-corrected chi connectivity index (χ2v) is 2.71. The average molecular weight is 128 g/mol. The Balaban J connectivity index is 2.91. The maximum Gasteiger partial charge on any atom is 0.0751 e. The third-order valence-electron chi connectivity index (χ3n) is 1.26. The molecule has 0 aliphatic rings. The molecule has 9 heavy (non-hydrogen) atoms. The number of aliphatic hydroxyl groups excluding tert-OH is 1. The third-order valence-corrected chi connectivity index (χ3v) is 1.26. The highest BCUT2D eigenvalue weighted by molar-refractivity contribution is 4.70. The molecular weight excluding hydrogens is 112 g/mol. The predicted molar refractivity (Wildman–Crippen MR) is 40.5 cm³/mol. The van der Waals surface area contributed by atoms with Gasteiger partial charge in [0.1, 0.15) is 0 Å². The van der Waals surface area contributed by atoms with Crippen LogP contribution in [0.1, 0.15) is 33.1 Å². The molecule has 0 aromatic carbocycles. The molecular formula is C8H16O. The van der Waals surface area contributed by atoms with E-state index in [4.69, 9.17) is 5.11 Å². The Morgan fingerprint density at radius 2 is 2.11 bits per heavy atom. The zero-order valence-corrected chi connectivity index (χ0v) is 6.30. The highest BCUT2D eigenvalue weighted by Gasteiger charge is 1.90. The van der Waals surface area contributed by atoms with Crippen molar-refractivity contribution in [2.75, 3.05) is 0 Å². The quantitative estimate of drug-likeness (QED) is 0.456. The summed E-state index contributed by atoms with van der Waals surface area (Å²) in [5.74, 6) is 0.789. The van der Waals surface area contributed by atoms with E-state index >= 15 is 0 Å². The van der Waals surface area contributed by atoms with Crippen LogP contribution in [0.25, 0.3) is 0 Å². The zero-order chi connectivity index (χ0) is 7.11. The van der Waals surface area contributed by atoms with E-state index in [0.717, 1.165) is 18.6 Å². The molecule has 0 saturated heterocycles. The number of rotatable bonds is 4. The molecule has 0 spiro atoms. The smallest absolute Gasteiger partial charge is 0.0751 e. The summed E-state index contributed by atoms with van der Waals surface area (Å²) in [6, 6.07) is 0. The van der Waals surface area contributed by atoms with Crippen molar-refractivity contribution in [3.8, 4) is 0 Å². The Labute approximate surface area is 57.4 Å². The fourth-order valence-electron chi connectivity index (χ4n) is 0.718. The summed E-state index contributed by atoms with van der Waals surface area (Å²) in [5.41, 5.74) is 0. The lowest BCUT2D eigenvalue weighted by Gasteiger charge is -1.99. The zero-order valence-electron chi connectivity index (χ0n) is 6.30. The molecule has 0 aromatic rings. The first-order valence-corrected chi connectivity index (χ1v) is 3.56. The molecule has 54 valence electrons. The summed E-state index contributed by atoms with van der Waals surface area (Å²) < 4.78 is 0. The van der Waals surface area contributed by atoms with Crippen molar-refractivity contribution in [2.24, 2.45) is 5.92 Å². The number of hydrogen-bond acceptors (Lipinski definition) is 1. The van der Waals surface area contributed by atoms with Gasteiger partial charge in [0.25, 0.3) is 0 Å². The van der Waals surface area contributed by atoms with Crippen LogP contribution in [-0.4, -0.2) is 5.11 Å². The number of aliphatic hydroxyl groups is 1. The molecule has 0 unspecified atom stereocenters. The lowest BCUT2D eigenvalue weighted by Crippen LogP contribution is -1.84. The molecule has 0 fully saturated rings. The van der Waals surface area contributed by atoms with E-state index in [0.29, 0.717) is 0 Å². The fourth-order valence-corrected chi connectivity index (χ4v) is 0.718. The first-order chi connectivity index (χ1) is 4.27. The number of allylic oxidation sites excluding steroid dienone is 1. The summed E-state index contributed by atoms with van der Waals surface area (Å²) in [4.78, 5) is 0. The molecule has 0 bridgehead atoms. The van der Waals surface area contributed by atoms with E-state index in [2.05, 4.69) is 13.8 Å². The molecule has 0 saturated carbocycles. The SMILES string of the molecule is CC(C)CCCC=CO. The van der Waals surface area contributed by atoms with E-state index < -0.39 is 0 Å². The van der Waals surface area contributed by atoms with E-state index in [1.165, 1.54) is 12.8 Å². The minimum atomic E-state index is 0.789. The second-order valence-electron chi connectivity index (χ2n) is 2.71.